The van der Waals surface area contributed by atoms with Crippen LogP contribution in [0.25, 0.3) is 21.5 Å². The number of piperidine rings is 1. The molecular formula is C23H21FN6OS. The number of nitrogens with zero attached hydrogens (tertiary/aromatic N) is 6. The van der Waals surface area contributed by atoms with Gasteiger partial charge in [0.1, 0.15) is 0 Å². The second-order valence-corrected chi connectivity index (χ2v) is 9.50. The second-order valence-electron chi connectivity index (χ2n) is 8.49. The van der Waals surface area contributed by atoms with E-state index in [9.17, 15) is 9.18 Å². The molecule has 3 aromatic heterocycles. The number of halogens is 1. The molecule has 2 fully saturated rings. The highest BCUT2D eigenvalue weighted by Crippen LogP contribution is 2.51. The molecule has 0 amide bonds. The highest BCUT2D eigenvalue weighted by Gasteiger charge is 2.58. The number of benzene rings is 1. The summed E-state index contributed by atoms with van der Waals surface area (Å²) >= 11 is 1.73. The van der Waals surface area contributed by atoms with E-state index in [0.717, 1.165) is 29.9 Å². The molecule has 1 aromatic carbocycles. The highest BCUT2D eigenvalue weighted by atomic mass is 32.1. The fourth-order valence-corrected chi connectivity index (χ4v) is 5.90. The SMILES string of the molecule is CN(c1nc(-c2ccncc2F)cc(=O)n1C)C1[C@H]2CN(c3nc4ccccc4s3)C[C@@H]12. The number of para-hydroxylation sites is 1. The third-order valence-electron chi connectivity index (χ3n) is 6.62. The Bertz CT molecular complexity index is 1360. The molecule has 6 rings (SSSR count). The quantitative estimate of drug-likeness (QED) is 0.478. The zero-order valence-electron chi connectivity index (χ0n) is 17.6. The van der Waals surface area contributed by atoms with Gasteiger partial charge in [-0.1, -0.05) is 23.5 Å². The van der Waals surface area contributed by atoms with Crippen LogP contribution >= 0.6 is 11.3 Å². The molecule has 4 aromatic rings. The van der Waals surface area contributed by atoms with Crippen LogP contribution in [0.5, 0.6) is 0 Å². The van der Waals surface area contributed by atoms with E-state index < -0.39 is 5.82 Å². The summed E-state index contributed by atoms with van der Waals surface area (Å²) in [6.45, 7) is 1.87. The van der Waals surface area contributed by atoms with Gasteiger partial charge >= 0.3 is 0 Å². The number of anilines is 2. The highest BCUT2D eigenvalue weighted by molar-refractivity contribution is 7.22. The van der Waals surface area contributed by atoms with Crippen molar-refractivity contribution < 1.29 is 4.39 Å². The molecule has 3 atom stereocenters. The van der Waals surface area contributed by atoms with Gasteiger partial charge in [-0.25, -0.2) is 14.4 Å². The lowest BCUT2D eigenvalue weighted by molar-refractivity contribution is 0.623. The molecule has 1 aliphatic heterocycles. The molecule has 0 radical (unpaired) electrons. The van der Waals surface area contributed by atoms with Crippen molar-refractivity contribution >= 4 is 32.6 Å². The molecule has 162 valence electrons. The van der Waals surface area contributed by atoms with Gasteiger partial charge in [-0.15, -0.1) is 0 Å². The minimum absolute atomic E-state index is 0.213. The minimum Gasteiger partial charge on any atom is -0.347 e. The molecule has 0 spiro atoms. The van der Waals surface area contributed by atoms with Crippen molar-refractivity contribution in [2.75, 3.05) is 29.9 Å². The van der Waals surface area contributed by atoms with E-state index in [2.05, 4.69) is 25.8 Å². The monoisotopic (exact) mass is 448 g/mol. The van der Waals surface area contributed by atoms with E-state index in [-0.39, 0.29) is 11.1 Å². The Morgan fingerprint density at radius 3 is 2.69 bits per heavy atom. The van der Waals surface area contributed by atoms with Crippen LogP contribution in [0.4, 0.5) is 15.5 Å². The van der Waals surface area contributed by atoms with Gasteiger partial charge in [-0.05, 0) is 18.2 Å². The number of pyridine rings is 1. The smallest absolute Gasteiger partial charge is 0.255 e. The molecule has 1 saturated carbocycles. The van der Waals surface area contributed by atoms with Gasteiger partial charge in [0.15, 0.2) is 10.9 Å². The first-order valence-corrected chi connectivity index (χ1v) is 11.3. The van der Waals surface area contributed by atoms with Gasteiger partial charge < -0.3 is 9.80 Å². The van der Waals surface area contributed by atoms with Crippen LogP contribution in [0.3, 0.4) is 0 Å². The minimum atomic E-state index is -0.489. The molecule has 1 aliphatic carbocycles. The third-order valence-corrected chi connectivity index (χ3v) is 7.72. The largest absolute Gasteiger partial charge is 0.347 e. The summed E-state index contributed by atoms with van der Waals surface area (Å²) in [5, 5.41) is 1.07. The van der Waals surface area contributed by atoms with E-state index in [1.54, 1.807) is 24.5 Å². The number of hydrogen-bond donors (Lipinski definition) is 0. The van der Waals surface area contributed by atoms with Gasteiger partial charge in [-0.3, -0.25) is 14.3 Å². The summed E-state index contributed by atoms with van der Waals surface area (Å²) in [6.07, 6.45) is 2.64. The molecule has 0 N–H and O–H groups in total. The van der Waals surface area contributed by atoms with Crippen molar-refractivity contribution in [2.45, 2.75) is 6.04 Å². The van der Waals surface area contributed by atoms with Gasteiger partial charge in [0.25, 0.3) is 5.56 Å². The zero-order chi connectivity index (χ0) is 22.0. The topological polar surface area (TPSA) is 67.2 Å². The van der Waals surface area contributed by atoms with Gasteiger partial charge in [-0.2, -0.15) is 0 Å². The van der Waals surface area contributed by atoms with E-state index >= 15 is 0 Å². The Morgan fingerprint density at radius 2 is 1.94 bits per heavy atom. The van der Waals surface area contributed by atoms with Crippen LogP contribution in [0.1, 0.15) is 0 Å². The summed E-state index contributed by atoms with van der Waals surface area (Å²) in [5.74, 6) is 1.04. The Balaban J connectivity index is 1.24. The van der Waals surface area contributed by atoms with Crippen molar-refractivity contribution in [1.82, 2.24) is 19.5 Å². The molecule has 1 unspecified atom stereocenters. The molecule has 4 heterocycles. The first-order valence-electron chi connectivity index (χ1n) is 10.5. The van der Waals surface area contributed by atoms with E-state index in [1.807, 2.05) is 25.2 Å². The van der Waals surface area contributed by atoms with Crippen LogP contribution in [-0.2, 0) is 7.05 Å². The van der Waals surface area contributed by atoms with Gasteiger partial charge in [0.05, 0.1) is 22.1 Å². The summed E-state index contributed by atoms with van der Waals surface area (Å²) in [4.78, 5) is 30.3. The van der Waals surface area contributed by atoms with Crippen molar-refractivity contribution in [1.29, 1.82) is 0 Å². The number of hydrogen-bond acceptors (Lipinski definition) is 7. The molecular weight excluding hydrogens is 427 g/mol. The third kappa shape index (κ3) is 2.99. The van der Waals surface area contributed by atoms with Crippen LogP contribution in [-0.4, -0.2) is 45.7 Å². The Labute approximate surface area is 187 Å². The Morgan fingerprint density at radius 1 is 1.16 bits per heavy atom. The van der Waals surface area contributed by atoms with Crippen LogP contribution in [0.15, 0.2) is 53.6 Å². The molecule has 1 saturated heterocycles. The lowest BCUT2D eigenvalue weighted by Gasteiger charge is -2.26. The molecule has 9 heteroatoms. The predicted molar refractivity (Wildman–Crippen MR) is 124 cm³/mol. The summed E-state index contributed by atoms with van der Waals surface area (Å²) in [7, 11) is 3.68. The van der Waals surface area contributed by atoms with Gasteiger partial charge in [0, 0.05) is 62.9 Å². The maximum absolute atomic E-state index is 14.2. The maximum Gasteiger partial charge on any atom is 0.255 e. The fourth-order valence-electron chi connectivity index (χ4n) is 4.92. The number of thiazole rings is 1. The first-order chi connectivity index (χ1) is 15.5. The standard InChI is InChI=1S/C23H21FN6OS/c1-28-20(31)9-18(13-7-8-25-10-16(13)24)26-22(28)29(2)21-14-11-30(12-15(14)21)23-27-17-5-3-4-6-19(17)32-23/h3-10,14-15,21H,11-12H2,1-2H3/t14-,15+,21?. The van der Waals surface area contributed by atoms with Crippen LogP contribution in [0, 0.1) is 17.7 Å². The average molecular weight is 449 g/mol. The lowest BCUT2D eigenvalue weighted by atomic mass is 10.2. The number of rotatable bonds is 4. The van der Waals surface area contributed by atoms with Crippen LogP contribution in [0.2, 0.25) is 0 Å². The molecule has 0 bridgehead atoms. The molecule has 2 aliphatic rings. The van der Waals surface area contributed by atoms with Crippen LogP contribution < -0.4 is 15.4 Å². The number of aromatic nitrogens is 4. The maximum atomic E-state index is 14.2. The lowest BCUT2D eigenvalue weighted by Crippen LogP contribution is -2.36. The first kappa shape index (κ1) is 19.4. The van der Waals surface area contributed by atoms with Crippen molar-refractivity contribution in [2.24, 2.45) is 18.9 Å². The van der Waals surface area contributed by atoms with Crippen molar-refractivity contribution in [3.05, 3.63) is 65.0 Å². The van der Waals surface area contributed by atoms with E-state index in [0.29, 0.717) is 29.5 Å². The predicted octanol–water partition coefficient (Wildman–Crippen LogP) is 3.16. The Kier molecular flexibility index (Phi) is 4.29. The van der Waals surface area contributed by atoms with E-state index in [4.69, 9.17) is 4.98 Å². The zero-order valence-corrected chi connectivity index (χ0v) is 18.5. The van der Waals surface area contributed by atoms with Crippen molar-refractivity contribution in [3.63, 3.8) is 0 Å². The Hall–Kier alpha value is -3.33. The fraction of sp³-hybridized carbons (Fsp3) is 0.304. The normalized spacial score (nSPS) is 21.7. The average Bonchev–Trinajstić information content (AvgIpc) is 3.13. The molecule has 7 nitrogen and oxygen atoms in total. The molecule has 32 heavy (non-hydrogen) atoms. The summed E-state index contributed by atoms with van der Waals surface area (Å²) in [5.41, 5.74) is 1.44. The summed E-state index contributed by atoms with van der Waals surface area (Å²) < 4.78 is 17.0. The van der Waals surface area contributed by atoms with E-state index in [1.165, 1.54) is 21.5 Å². The second kappa shape index (κ2) is 7.09. The van der Waals surface area contributed by atoms with Crippen molar-refractivity contribution in [3.8, 4) is 11.3 Å². The summed E-state index contributed by atoms with van der Waals surface area (Å²) in [6, 6.07) is 11.4. The number of fused-ring (bicyclic) bond motifs is 2. The van der Waals surface area contributed by atoms with Gasteiger partial charge in [0.2, 0.25) is 5.95 Å².